The van der Waals surface area contributed by atoms with Crippen LogP contribution in [0.5, 0.6) is 0 Å². The third kappa shape index (κ3) is 4.63. The minimum absolute atomic E-state index is 0.697. The fourth-order valence-electron chi connectivity index (χ4n) is 1.89. The molecule has 0 saturated carbocycles. The van der Waals surface area contributed by atoms with Gasteiger partial charge in [-0.2, -0.15) is 0 Å². The third-order valence-corrected chi connectivity index (χ3v) is 2.87. The summed E-state index contributed by atoms with van der Waals surface area (Å²) >= 11 is 0. The first-order chi connectivity index (χ1) is 6.33. The summed E-state index contributed by atoms with van der Waals surface area (Å²) in [5.41, 5.74) is 0. The van der Waals surface area contributed by atoms with Crippen molar-refractivity contribution in [3.8, 4) is 0 Å². The zero-order chi connectivity index (χ0) is 9.52. The van der Waals surface area contributed by atoms with Crippen LogP contribution >= 0.6 is 0 Å². The molecule has 1 rings (SSSR count). The van der Waals surface area contributed by atoms with E-state index in [2.05, 4.69) is 24.5 Å². The molecule has 1 unspecified atom stereocenters. The van der Waals surface area contributed by atoms with E-state index in [1.54, 1.807) is 0 Å². The molecule has 0 aromatic rings. The Morgan fingerprint density at radius 2 is 2.38 bits per heavy atom. The average molecular weight is 184 g/mol. The zero-order valence-electron chi connectivity index (χ0n) is 9.10. The predicted octanol–water partition coefficient (Wildman–Crippen LogP) is 1.91. The largest absolute Gasteiger partial charge is 0.313 e. The van der Waals surface area contributed by atoms with Gasteiger partial charge in [0.05, 0.1) is 0 Å². The van der Waals surface area contributed by atoms with Crippen LogP contribution in [0, 0.1) is 0 Å². The van der Waals surface area contributed by atoms with Gasteiger partial charge < -0.3 is 10.6 Å². The van der Waals surface area contributed by atoms with Crippen LogP contribution in [0.15, 0.2) is 0 Å². The topological polar surface area (TPSA) is 24.1 Å². The van der Waals surface area contributed by atoms with Crippen LogP contribution in [0.2, 0.25) is 0 Å². The second-order valence-corrected chi connectivity index (χ2v) is 4.24. The molecule has 1 fully saturated rings. The molecule has 1 aliphatic heterocycles. The Kier molecular flexibility index (Phi) is 5.40. The Labute approximate surface area is 82.5 Å². The van der Waals surface area contributed by atoms with Gasteiger partial charge in [0.2, 0.25) is 0 Å². The Bertz CT molecular complexity index is 119. The summed E-state index contributed by atoms with van der Waals surface area (Å²) in [4.78, 5) is 0. The molecular formula is C11H24N2. The molecule has 1 saturated heterocycles. The molecule has 0 radical (unpaired) electrons. The summed E-state index contributed by atoms with van der Waals surface area (Å²) in [6, 6.07) is 1.44. The molecule has 2 N–H and O–H groups in total. The molecular weight excluding hydrogens is 160 g/mol. The number of nitrogens with one attached hydrogen (secondary N) is 2. The monoisotopic (exact) mass is 184 g/mol. The maximum Gasteiger partial charge on any atom is 0.0193 e. The first kappa shape index (κ1) is 11.0. The van der Waals surface area contributed by atoms with Crippen LogP contribution < -0.4 is 10.6 Å². The van der Waals surface area contributed by atoms with E-state index in [1.807, 2.05) is 0 Å². The SMILES string of the molecule is CCCC[C@@H](C)NCC1CCCN1. The van der Waals surface area contributed by atoms with E-state index in [4.69, 9.17) is 0 Å². The van der Waals surface area contributed by atoms with E-state index in [0.29, 0.717) is 6.04 Å². The zero-order valence-corrected chi connectivity index (χ0v) is 9.10. The van der Waals surface area contributed by atoms with Crippen molar-refractivity contribution in [2.75, 3.05) is 13.1 Å². The number of unbranched alkanes of at least 4 members (excludes halogenated alkanes) is 1. The summed E-state index contributed by atoms with van der Waals surface area (Å²) in [5.74, 6) is 0. The molecule has 13 heavy (non-hydrogen) atoms. The van der Waals surface area contributed by atoms with Gasteiger partial charge in [-0.1, -0.05) is 19.8 Å². The Hall–Kier alpha value is -0.0800. The van der Waals surface area contributed by atoms with Gasteiger partial charge in [0.1, 0.15) is 0 Å². The fourth-order valence-corrected chi connectivity index (χ4v) is 1.89. The minimum Gasteiger partial charge on any atom is -0.313 e. The van der Waals surface area contributed by atoms with Crippen molar-refractivity contribution in [3.63, 3.8) is 0 Å². The highest BCUT2D eigenvalue weighted by molar-refractivity contribution is 4.77. The summed E-state index contributed by atoms with van der Waals surface area (Å²) in [6.45, 7) is 6.93. The average Bonchev–Trinajstić information content (AvgIpc) is 2.64. The van der Waals surface area contributed by atoms with Gasteiger partial charge in [-0.15, -0.1) is 0 Å². The molecule has 0 aliphatic carbocycles. The van der Waals surface area contributed by atoms with Gasteiger partial charge in [-0.25, -0.2) is 0 Å². The number of hydrogen-bond acceptors (Lipinski definition) is 2. The molecule has 0 amide bonds. The van der Waals surface area contributed by atoms with Gasteiger partial charge in [0.15, 0.2) is 0 Å². The van der Waals surface area contributed by atoms with E-state index in [9.17, 15) is 0 Å². The van der Waals surface area contributed by atoms with Gasteiger partial charge in [-0.05, 0) is 32.7 Å². The Morgan fingerprint density at radius 1 is 1.54 bits per heavy atom. The van der Waals surface area contributed by atoms with Gasteiger partial charge in [-0.3, -0.25) is 0 Å². The molecule has 0 bridgehead atoms. The predicted molar refractivity (Wildman–Crippen MR) is 58.0 cm³/mol. The van der Waals surface area contributed by atoms with Crippen molar-refractivity contribution >= 4 is 0 Å². The smallest absolute Gasteiger partial charge is 0.0193 e. The van der Waals surface area contributed by atoms with E-state index in [0.717, 1.165) is 12.6 Å². The van der Waals surface area contributed by atoms with E-state index >= 15 is 0 Å². The van der Waals surface area contributed by atoms with Crippen molar-refractivity contribution in [1.29, 1.82) is 0 Å². The normalized spacial score (nSPS) is 24.9. The molecule has 0 spiro atoms. The molecule has 1 aliphatic rings. The quantitative estimate of drug-likeness (QED) is 0.659. The second-order valence-electron chi connectivity index (χ2n) is 4.24. The lowest BCUT2D eigenvalue weighted by Crippen LogP contribution is -2.38. The lowest BCUT2D eigenvalue weighted by atomic mass is 10.1. The highest BCUT2D eigenvalue weighted by Gasteiger charge is 2.13. The molecule has 2 atom stereocenters. The summed E-state index contributed by atoms with van der Waals surface area (Å²) < 4.78 is 0. The maximum atomic E-state index is 3.60. The molecule has 0 aromatic heterocycles. The van der Waals surface area contributed by atoms with E-state index < -0.39 is 0 Å². The van der Waals surface area contributed by atoms with Crippen LogP contribution in [-0.2, 0) is 0 Å². The van der Waals surface area contributed by atoms with Crippen molar-refractivity contribution < 1.29 is 0 Å². The number of hydrogen-bond donors (Lipinski definition) is 2. The third-order valence-electron chi connectivity index (χ3n) is 2.87. The van der Waals surface area contributed by atoms with Crippen LogP contribution in [0.3, 0.4) is 0 Å². The molecule has 2 heteroatoms. The number of rotatable bonds is 6. The van der Waals surface area contributed by atoms with Gasteiger partial charge in [0.25, 0.3) is 0 Å². The van der Waals surface area contributed by atoms with Crippen LogP contribution in [0.25, 0.3) is 0 Å². The molecule has 2 nitrogen and oxygen atoms in total. The van der Waals surface area contributed by atoms with Gasteiger partial charge >= 0.3 is 0 Å². The fraction of sp³-hybridized carbons (Fsp3) is 1.00. The standard InChI is InChI=1S/C11H24N2/c1-3-4-6-10(2)13-9-11-7-5-8-12-11/h10-13H,3-9H2,1-2H3/t10-,11?/m1/s1. The summed E-state index contributed by atoms with van der Waals surface area (Å²) in [7, 11) is 0. The van der Waals surface area contributed by atoms with Crippen molar-refractivity contribution in [3.05, 3.63) is 0 Å². The van der Waals surface area contributed by atoms with Crippen LogP contribution in [0.4, 0.5) is 0 Å². The van der Waals surface area contributed by atoms with Gasteiger partial charge in [0, 0.05) is 18.6 Å². The van der Waals surface area contributed by atoms with Crippen LogP contribution in [-0.4, -0.2) is 25.2 Å². The Balaban J connectivity index is 1.97. The van der Waals surface area contributed by atoms with E-state index in [1.165, 1.54) is 38.6 Å². The minimum atomic E-state index is 0.697. The summed E-state index contributed by atoms with van der Waals surface area (Å²) in [5, 5.41) is 7.10. The first-order valence-electron chi connectivity index (χ1n) is 5.79. The summed E-state index contributed by atoms with van der Waals surface area (Å²) in [6.07, 6.45) is 6.70. The van der Waals surface area contributed by atoms with Crippen molar-refractivity contribution in [1.82, 2.24) is 10.6 Å². The lowest BCUT2D eigenvalue weighted by Gasteiger charge is -2.16. The Morgan fingerprint density at radius 3 is 3.00 bits per heavy atom. The molecule has 0 aromatic carbocycles. The van der Waals surface area contributed by atoms with Crippen molar-refractivity contribution in [2.24, 2.45) is 0 Å². The second kappa shape index (κ2) is 6.39. The maximum absolute atomic E-state index is 3.60. The highest BCUT2D eigenvalue weighted by atomic mass is 15.0. The molecule has 78 valence electrons. The highest BCUT2D eigenvalue weighted by Crippen LogP contribution is 2.05. The molecule has 1 heterocycles. The first-order valence-corrected chi connectivity index (χ1v) is 5.79. The van der Waals surface area contributed by atoms with Crippen LogP contribution in [0.1, 0.15) is 46.0 Å². The van der Waals surface area contributed by atoms with Crippen molar-refractivity contribution in [2.45, 2.75) is 58.0 Å². The lowest BCUT2D eigenvalue weighted by molar-refractivity contribution is 0.451. The van der Waals surface area contributed by atoms with E-state index in [-0.39, 0.29) is 0 Å².